The van der Waals surface area contributed by atoms with Crippen molar-refractivity contribution in [1.29, 1.82) is 0 Å². The quantitative estimate of drug-likeness (QED) is 0.684. The van der Waals surface area contributed by atoms with E-state index in [2.05, 4.69) is 17.4 Å². The van der Waals surface area contributed by atoms with E-state index in [0.717, 1.165) is 38.5 Å². The third-order valence-electron chi connectivity index (χ3n) is 2.45. The Morgan fingerprint density at radius 1 is 1.28 bits per heavy atom. The molecule has 0 atom stereocenters. The van der Waals surface area contributed by atoms with Crippen LogP contribution in [0.4, 0.5) is 0 Å². The minimum Gasteiger partial charge on any atom is -0.491 e. The monoisotopic (exact) mass is 251 g/mol. The van der Waals surface area contributed by atoms with E-state index in [1.54, 1.807) is 0 Å². The highest BCUT2D eigenvalue weighted by molar-refractivity contribution is 5.28. The lowest BCUT2D eigenvalue weighted by atomic mass is 10.2. The zero-order valence-electron chi connectivity index (χ0n) is 11.7. The van der Waals surface area contributed by atoms with E-state index < -0.39 is 0 Å². The summed E-state index contributed by atoms with van der Waals surface area (Å²) in [6.07, 6.45) is 1.27. The largest absolute Gasteiger partial charge is 0.491 e. The Morgan fingerprint density at radius 3 is 2.83 bits per heavy atom. The molecule has 3 heteroatoms. The van der Waals surface area contributed by atoms with Crippen molar-refractivity contribution in [2.45, 2.75) is 39.8 Å². The first kappa shape index (κ1) is 15.0. The van der Waals surface area contributed by atoms with Gasteiger partial charge in [-0.25, -0.2) is 0 Å². The second kappa shape index (κ2) is 8.95. The van der Waals surface area contributed by atoms with E-state index in [1.807, 2.05) is 32.9 Å². The number of benzene rings is 1. The van der Waals surface area contributed by atoms with Crippen LogP contribution >= 0.6 is 0 Å². The topological polar surface area (TPSA) is 30.5 Å². The van der Waals surface area contributed by atoms with Gasteiger partial charge in [0.05, 0.1) is 6.10 Å². The van der Waals surface area contributed by atoms with Crippen LogP contribution in [0, 0.1) is 0 Å². The standard InChI is InChI=1S/C15H25NO2/c1-4-17-10-6-9-16-12-14-7-5-8-15(11-14)18-13(2)3/h5,7-8,11,13,16H,4,6,9-10,12H2,1-3H3. The van der Waals surface area contributed by atoms with Gasteiger partial charge < -0.3 is 14.8 Å². The van der Waals surface area contributed by atoms with Crippen LogP contribution in [-0.2, 0) is 11.3 Å². The molecule has 0 saturated heterocycles. The second-order valence-corrected chi connectivity index (χ2v) is 4.54. The van der Waals surface area contributed by atoms with Crippen LogP contribution in [0.5, 0.6) is 5.75 Å². The fourth-order valence-electron chi connectivity index (χ4n) is 1.68. The maximum Gasteiger partial charge on any atom is 0.120 e. The van der Waals surface area contributed by atoms with Gasteiger partial charge >= 0.3 is 0 Å². The molecule has 0 fully saturated rings. The van der Waals surface area contributed by atoms with Gasteiger partial charge in [0.1, 0.15) is 5.75 Å². The Bertz CT molecular complexity index is 326. The summed E-state index contributed by atoms with van der Waals surface area (Å²) >= 11 is 0. The first-order chi connectivity index (χ1) is 8.72. The maximum absolute atomic E-state index is 5.67. The molecule has 1 N–H and O–H groups in total. The van der Waals surface area contributed by atoms with Crippen molar-refractivity contribution in [2.75, 3.05) is 19.8 Å². The first-order valence-corrected chi connectivity index (χ1v) is 6.76. The van der Waals surface area contributed by atoms with E-state index >= 15 is 0 Å². The van der Waals surface area contributed by atoms with Gasteiger partial charge in [-0.1, -0.05) is 12.1 Å². The summed E-state index contributed by atoms with van der Waals surface area (Å²) in [7, 11) is 0. The number of rotatable bonds is 9. The molecule has 0 aliphatic heterocycles. The van der Waals surface area contributed by atoms with E-state index in [9.17, 15) is 0 Å². The predicted octanol–water partition coefficient (Wildman–Crippen LogP) is 2.99. The lowest BCUT2D eigenvalue weighted by molar-refractivity contribution is 0.144. The highest BCUT2D eigenvalue weighted by Crippen LogP contribution is 2.14. The fraction of sp³-hybridized carbons (Fsp3) is 0.600. The van der Waals surface area contributed by atoms with E-state index in [0.29, 0.717) is 0 Å². The van der Waals surface area contributed by atoms with Gasteiger partial charge in [0, 0.05) is 19.8 Å². The second-order valence-electron chi connectivity index (χ2n) is 4.54. The minimum absolute atomic E-state index is 0.222. The zero-order chi connectivity index (χ0) is 13.2. The SMILES string of the molecule is CCOCCCNCc1cccc(OC(C)C)c1. The molecule has 18 heavy (non-hydrogen) atoms. The van der Waals surface area contributed by atoms with Crippen LogP contribution in [0.25, 0.3) is 0 Å². The van der Waals surface area contributed by atoms with Crippen LogP contribution in [0.1, 0.15) is 32.8 Å². The Morgan fingerprint density at radius 2 is 2.11 bits per heavy atom. The molecule has 102 valence electrons. The molecule has 0 bridgehead atoms. The van der Waals surface area contributed by atoms with Gasteiger partial charge in [-0.15, -0.1) is 0 Å². The van der Waals surface area contributed by atoms with E-state index in [1.165, 1.54) is 5.56 Å². The molecule has 1 rings (SSSR count). The Labute approximate surface area is 110 Å². The maximum atomic E-state index is 5.67. The summed E-state index contributed by atoms with van der Waals surface area (Å²) in [5, 5.41) is 3.41. The van der Waals surface area contributed by atoms with Crippen molar-refractivity contribution >= 4 is 0 Å². The number of nitrogens with one attached hydrogen (secondary N) is 1. The molecule has 0 amide bonds. The average Bonchev–Trinajstić information content (AvgIpc) is 2.33. The molecule has 0 spiro atoms. The third-order valence-corrected chi connectivity index (χ3v) is 2.45. The first-order valence-electron chi connectivity index (χ1n) is 6.76. The minimum atomic E-state index is 0.222. The van der Waals surface area contributed by atoms with Crippen LogP contribution in [0.3, 0.4) is 0 Å². The zero-order valence-corrected chi connectivity index (χ0v) is 11.7. The Balaban J connectivity index is 2.25. The molecule has 0 aliphatic carbocycles. The molecule has 1 aromatic carbocycles. The summed E-state index contributed by atoms with van der Waals surface area (Å²) in [5.74, 6) is 0.943. The van der Waals surface area contributed by atoms with E-state index in [4.69, 9.17) is 9.47 Å². The van der Waals surface area contributed by atoms with Gasteiger partial charge in [0.25, 0.3) is 0 Å². The fourth-order valence-corrected chi connectivity index (χ4v) is 1.68. The van der Waals surface area contributed by atoms with Crippen LogP contribution in [0.2, 0.25) is 0 Å². The average molecular weight is 251 g/mol. The van der Waals surface area contributed by atoms with Gasteiger partial charge in [0.2, 0.25) is 0 Å². The van der Waals surface area contributed by atoms with Gasteiger partial charge in [0.15, 0.2) is 0 Å². The molecular weight excluding hydrogens is 226 g/mol. The Hall–Kier alpha value is -1.06. The lowest BCUT2D eigenvalue weighted by Crippen LogP contribution is -2.16. The lowest BCUT2D eigenvalue weighted by Gasteiger charge is -2.11. The molecule has 0 heterocycles. The van der Waals surface area contributed by atoms with Crippen molar-refractivity contribution in [1.82, 2.24) is 5.32 Å². The number of ether oxygens (including phenoxy) is 2. The van der Waals surface area contributed by atoms with Crippen molar-refractivity contribution in [3.8, 4) is 5.75 Å². The molecule has 0 aromatic heterocycles. The highest BCUT2D eigenvalue weighted by Gasteiger charge is 1.99. The molecule has 0 unspecified atom stereocenters. The van der Waals surface area contributed by atoms with Gasteiger partial charge in [-0.05, 0) is 51.4 Å². The number of hydrogen-bond donors (Lipinski definition) is 1. The third kappa shape index (κ3) is 6.62. The number of hydrogen-bond acceptors (Lipinski definition) is 3. The molecule has 0 saturated carbocycles. The van der Waals surface area contributed by atoms with Gasteiger partial charge in [-0.3, -0.25) is 0 Å². The molecular formula is C15H25NO2. The summed E-state index contributed by atoms with van der Waals surface area (Å²) in [5.41, 5.74) is 1.25. The summed E-state index contributed by atoms with van der Waals surface area (Å²) in [4.78, 5) is 0. The van der Waals surface area contributed by atoms with Crippen LogP contribution in [0.15, 0.2) is 24.3 Å². The highest BCUT2D eigenvalue weighted by atomic mass is 16.5. The van der Waals surface area contributed by atoms with E-state index in [-0.39, 0.29) is 6.10 Å². The molecule has 0 radical (unpaired) electrons. The molecule has 1 aromatic rings. The van der Waals surface area contributed by atoms with Crippen molar-refractivity contribution in [3.63, 3.8) is 0 Å². The van der Waals surface area contributed by atoms with Crippen molar-refractivity contribution in [3.05, 3.63) is 29.8 Å². The summed E-state index contributed by atoms with van der Waals surface area (Å²) in [6, 6.07) is 8.24. The Kier molecular flexibility index (Phi) is 7.46. The molecule has 3 nitrogen and oxygen atoms in total. The summed E-state index contributed by atoms with van der Waals surface area (Å²) in [6.45, 7) is 9.59. The predicted molar refractivity (Wildman–Crippen MR) is 75.0 cm³/mol. The normalized spacial score (nSPS) is 10.9. The smallest absolute Gasteiger partial charge is 0.120 e. The molecule has 0 aliphatic rings. The van der Waals surface area contributed by atoms with Crippen LogP contribution in [-0.4, -0.2) is 25.9 Å². The van der Waals surface area contributed by atoms with Gasteiger partial charge in [-0.2, -0.15) is 0 Å². The van der Waals surface area contributed by atoms with Crippen molar-refractivity contribution < 1.29 is 9.47 Å². The van der Waals surface area contributed by atoms with Crippen molar-refractivity contribution in [2.24, 2.45) is 0 Å². The van der Waals surface area contributed by atoms with Crippen LogP contribution < -0.4 is 10.1 Å². The summed E-state index contributed by atoms with van der Waals surface area (Å²) < 4.78 is 11.0.